The molecule has 1 aromatic carbocycles. The number of rotatable bonds is 2. The first-order valence-corrected chi connectivity index (χ1v) is 5.33. The molecule has 1 aromatic rings. The molecule has 0 aromatic heterocycles. The SMILES string of the molecule is CC#CCC(=O)C1CCc2ccccc21. The van der Waals surface area contributed by atoms with E-state index in [9.17, 15) is 4.79 Å². The average Bonchev–Trinajstić information content (AvgIpc) is 2.69. The van der Waals surface area contributed by atoms with Crippen molar-refractivity contribution in [2.45, 2.75) is 32.1 Å². The lowest BCUT2D eigenvalue weighted by Gasteiger charge is -2.07. The van der Waals surface area contributed by atoms with Gasteiger partial charge in [0.1, 0.15) is 0 Å². The van der Waals surface area contributed by atoms with Crippen molar-refractivity contribution in [3.8, 4) is 11.8 Å². The second-order valence-corrected chi connectivity index (χ2v) is 3.86. The lowest BCUT2D eigenvalue weighted by molar-refractivity contribution is -0.119. The summed E-state index contributed by atoms with van der Waals surface area (Å²) in [6, 6.07) is 8.24. The fraction of sp³-hybridized carbons (Fsp3) is 0.357. The van der Waals surface area contributed by atoms with Crippen LogP contribution in [-0.4, -0.2) is 5.78 Å². The zero-order valence-electron chi connectivity index (χ0n) is 8.92. The van der Waals surface area contributed by atoms with Crippen molar-refractivity contribution in [3.63, 3.8) is 0 Å². The Morgan fingerprint density at radius 1 is 1.47 bits per heavy atom. The Morgan fingerprint density at radius 3 is 3.07 bits per heavy atom. The molecule has 0 N–H and O–H groups in total. The normalized spacial score (nSPS) is 17.8. The molecular formula is C14H14O. The minimum absolute atomic E-state index is 0.0991. The Balaban J connectivity index is 2.19. The van der Waals surface area contributed by atoms with Gasteiger partial charge in [-0.2, -0.15) is 0 Å². The standard InChI is InChI=1S/C14H14O/c1-2-3-8-14(15)13-10-9-11-6-4-5-7-12(11)13/h4-7,13H,8-10H2,1H3. The summed E-state index contributed by atoms with van der Waals surface area (Å²) in [7, 11) is 0. The average molecular weight is 198 g/mol. The number of benzene rings is 1. The second-order valence-electron chi connectivity index (χ2n) is 3.86. The van der Waals surface area contributed by atoms with Crippen LogP contribution < -0.4 is 0 Å². The molecule has 76 valence electrons. The molecule has 1 atom stereocenters. The third kappa shape index (κ3) is 1.94. The first kappa shape index (κ1) is 9.98. The van der Waals surface area contributed by atoms with Crippen LogP contribution in [0, 0.1) is 11.8 Å². The van der Waals surface area contributed by atoms with Gasteiger partial charge in [0.25, 0.3) is 0 Å². The smallest absolute Gasteiger partial charge is 0.152 e. The molecule has 0 spiro atoms. The van der Waals surface area contributed by atoms with Gasteiger partial charge in [0.05, 0.1) is 6.42 Å². The molecule has 2 rings (SSSR count). The molecule has 1 aliphatic carbocycles. The summed E-state index contributed by atoms with van der Waals surface area (Å²) in [5.41, 5.74) is 2.56. The largest absolute Gasteiger partial charge is 0.298 e. The molecular weight excluding hydrogens is 184 g/mol. The molecule has 0 bridgehead atoms. The Morgan fingerprint density at radius 2 is 2.27 bits per heavy atom. The molecule has 1 aliphatic rings. The van der Waals surface area contributed by atoms with Crippen LogP contribution in [-0.2, 0) is 11.2 Å². The highest BCUT2D eigenvalue weighted by molar-refractivity contribution is 5.88. The molecule has 0 fully saturated rings. The van der Waals surface area contributed by atoms with E-state index in [0.29, 0.717) is 6.42 Å². The summed E-state index contributed by atoms with van der Waals surface area (Å²) in [5.74, 6) is 6.00. The van der Waals surface area contributed by atoms with Crippen molar-refractivity contribution >= 4 is 5.78 Å². The number of ketones is 1. The summed E-state index contributed by atoms with van der Waals surface area (Å²) in [6.07, 6.45) is 2.39. The van der Waals surface area contributed by atoms with Crippen LogP contribution in [0.1, 0.15) is 36.8 Å². The van der Waals surface area contributed by atoms with Crippen LogP contribution in [0.3, 0.4) is 0 Å². The zero-order valence-corrected chi connectivity index (χ0v) is 8.92. The van der Waals surface area contributed by atoms with E-state index < -0.39 is 0 Å². The van der Waals surface area contributed by atoms with E-state index in [4.69, 9.17) is 0 Å². The predicted molar refractivity (Wildman–Crippen MR) is 60.6 cm³/mol. The van der Waals surface area contributed by atoms with E-state index in [1.54, 1.807) is 6.92 Å². The number of carbonyl (C=O) groups excluding carboxylic acids is 1. The van der Waals surface area contributed by atoms with E-state index in [1.807, 2.05) is 12.1 Å². The van der Waals surface area contributed by atoms with Crippen molar-refractivity contribution in [1.82, 2.24) is 0 Å². The zero-order chi connectivity index (χ0) is 10.7. The summed E-state index contributed by atoms with van der Waals surface area (Å²) in [4.78, 5) is 11.9. The minimum Gasteiger partial charge on any atom is -0.298 e. The Hall–Kier alpha value is -1.55. The number of hydrogen-bond acceptors (Lipinski definition) is 1. The Labute approximate surface area is 90.5 Å². The summed E-state index contributed by atoms with van der Waals surface area (Å²) in [6.45, 7) is 1.77. The quantitative estimate of drug-likeness (QED) is 0.668. The fourth-order valence-corrected chi connectivity index (χ4v) is 2.19. The van der Waals surface area contributed by atoms with Gasteiger partial charge in [-0.1, -0.05) is 30.2 Å². The van der Waals surface area contributed by atoms with Crippen LogP contribution in [0.2, 0.25) is 0 Å². The van der Waals surface area contributed by atoms with Crippen LogP contribution in [0.5, 0.6) is 0 Å². The van der Waals surface area contributed by atoms with Crippen molar-refractivity contribution in [2.24, 2.45) is 0 Å². The Kier molecular flexibility index (Phi) is 2.87. The van der Waals surface area contributed by atoms with Gasteiger partial charge in [-0.15, -0.1) is 5.92 Å². The first-order valence-electron chi connectivity index (χ1n) is 5.33. The summed E-state index contributed by atoms with van der Waals surface area (Å²) < 4.78 is 0. The number of fused-ring (bicyclic) bond motifs is 1. The van der Waals surface area contributed by atoms with Crippen LogP contribution in [0.15, 0.2) is 24.3 Å². The van der Waals surface area contributed by atoms with Gasteiger partial charge < -0.3 is 0 Å². The molecule has 1 heteroatoms. The molecule has 0 saturated heterocycles. The van der Waals surface area contributed by atoms with E-state index >= 15 is 0 Å². The van der Waals surface area contributed by atoms with Crippen molar-refractivity contribution in [3.05, 3.63) is 35.4 Å². The minimum atomic E-state index is 0.0991. The van der Waals surface area contributed by atoms with Gasteiger partial charge in [0.2, 0.25) is 0 Å². The number of aryl methyl sites for hydroxylation is 1. The van der Waals surface area contributed by atoms with Gasteiger partial charge in [0.15, 0.2) is 5.78 Å². The first-order chi connectivity index (χ1) is 7.33. The van der Waals surface area contributed by atoms with E-state index in [0.717, 1.165) is 12.8 Å². The van der Waals surface area contributed by atoms with E-state index in [-0.39, 0.29) is 11.7 Å². The lowest BCUT2D eigenvalue weighted by Crippen LogP contribution is -2.08. The van der Waals surface area contributed by atoms with Crippen molar-refractivity contribution < 1.29 is 4.79 Å². The molecule has 0 amide bonds. The highest BCUT2D eigenvalue weighted by atomic mass is 16.1. The maximum absolute atomic E-state index is 11.9. The molecule has 1 unspecified atom stereocenters. The molecule has 1 nitrogen and oxygen atoms in total. The Bertz CT molecular complexity index is 434. The van der Waals surface area contributed by atoms with Crippen molar-refractivity contribution in [1.29, 1.82) is 0 Å². The topological polar surface area (TPSA) is 17.1 Å². The van der Waals surface area contributed by atoms with Gasteiger partial charge >= 0.3 is 0 Å². The van der Waals surface area contributed by atoms with E-state index in [2.05, 4.69) is 24.0 Å². The lowest BCUT2D eigenvalue weighted by atomic mass is 9.95. The molecule has 0 radical (unpaired) electrons. The fourth-order valence-electron chi connectivity index (χ4n) is 2.19. The van der Waals surface area contributed by atoms with Gasteiger partial charge in [-0.05, 0) is 30.9 Å². The second kappa shape index (κ2) is 4.31. The number of hydrogen-bond donors (Lipinski definition) is 0. The third-order valence-electron chi connectivity index (χ3n) is 2.96. The third-order valence-corrected chi connectivity index (χ3v) is 2.96. The molecule has 0 aliphatic heterocycles. The molecule has 15 heavy (non-hydrogen) atoms. The van der Waals surface area contributed by atoms with Gasteiger partial charge in [-0.25, -0.2) is 0 Å². The van der Waals surface area contributed by atoms with Gasteiger partial charge in [-0.3, -0.25) is 4.79 Å². The highest BCUT2D eigenvalue weighted by Crippen LogP contribution is 2.33. The maximum Gasteiger partial charge on any atom is 0.152 e. The van der Waals surface area contributed by atoms with Gasteiger partial charge in [0, 0.05) is 5.92 Å². The van der Waals surface area contributed by atoms with Crippen LogP contribution in [0.4, 0.5) is 0 Å². The monoisotopic (exact) mass is 198 g/mol. The van der Waals surface area contributed by atoms with Crippen molar-refractivity contribution in [2.75, 3.05) is 0 Å². The summed E-state index contributed by atoms with van der Waals surface area (Å²) >= 11 is 0. The molecule has 0 heterocycles. The van der Waals surface area contributed by atoms with Crippen LogP contribution in [0.25, 0.3) is 0 Å². The predicted octanol–water partition coefficient (Wildman–Crippen LogP) is 2.70. The molecule has 0 saturated carbocycles. The summed E-state index contributed by atoms with van der Waals surface area (Å²) in [5, 5.41) is 0. The van der Waals surface area contributed by atoms with Crippen LogP contribution >= 0.6 is 0 Å². The highest BCUT2D eigenvalue weighted by Gasteiger charge is 2.26. The maximum atomic E-state index is 11.9. The van der Waals surface area contributed by atoms with E-state index in [1.165, 1.54) is 11.1 Å². The number of carbonyl (C=O) groups is 1. The number of Topliss-reactive ketones (excluding diaryl/α,β-unsaturated/α-hetero) is 1.